The van der Waals surface area contributed by atoms with Gasteiger partial charge in [-0.25, -0.2) is 12.7 Å². The molecule has 8 nitrogen and oxygen atoms in total. The van der Waals surface area contributed by atoms with E-state index in [0.717, 1.165) is 0 Å². The molecule has 0 unspecified atom stereocenters. The van der Waals surface area contributed by atoms with Gasteiger partial charge in [-0.1, -0.05) is 48.3 Å². The molecular formula is C23H25Cl2N3O5S. The molecule has 0 aliphatic carbocycles. The Kier molecular flexibility index (Phi) is 7.90. The van der Waals surface area contributed by atoms with Crippen molar-refractivity contribution in [1.82, 2.24) is 14.5 Å². The lowest BCUT2D eigenvalue weighted by Crippen LogP contribution is -2.53. The number of benzene rings is 2. The fourth-order valence-corrected chi connectivity index (χ4v) is 5.57. The second-order valence-electron chi connectivity index (χ2n) is 8.17. The van der Waals surface area contributed by atoms with Crippen LogP contribution in [0.4, 0.5) is 0 Å². The highest BCUT2D eigenvalue weighted by Crippen LogP contribution is 2.30. The number of sulfonamides is 1. The van der Waals surface area contributed by atoms with E-state index >= 15 is 0 Å². The number of nitrogens with zero attached hydrogens (tertiary/aromatic N) is 2. The second-order valence-corrected chi connectivity index (χ2v) is 10.8. The van der Waals surface area contributed by atoms with Crippen molar-refractivity contribution in [1.29, 1.82) is 0 Å². The van der Waals surface area contributed by atoms with E-state index in [9.17, 15) is 22.8 Å². The third-order valence-corrected chi connectivity index (χ3v) is 7.87. The Morgan fingerprint density at radius 3 is 2.35 bits per heavy atom. The van der Waals surface area contributed by atoms with Crippen molar-refractivity contribution in [3.63, 3.8) is 0 Å². The molecule has 3 amide bonds. The SMILES string of the molecule is CC[C@H](C(=O)NC(C)C)N(Cc1ccc(Cl)c(Cl)c1)C(=O)CN1C(=O)c2ccccc2S1(=O)=O. The molecule has 0 aromatic heterocycles. The normalized spacial score (nSPS) is 15.2. The number of hydrogen-bond acceptors (Lipinski definition) is 5. The molecule has 2 aromatic rings. The summed E-state index contributed by atoms with van der Waals surface area (Å²) in [5.41, 5.74) is 0.605. The first kappa shape index (κ1) is 26.0. The summed E-state index contributed by atoms with van der Waals surface area (Å²) in [5.74, 6) is -1.86. The molecule has 1 N–H and O–H groups in total. The Hall–Kier alpha value is -2.62. The second kappa shape index (κ2) is 10.3. The van der Waals surface area contributed by atoms with Crippen LogP contribution in [0, 0.1) is 0 Å². The lowest BCUT2D eigenvalue weighted by molar-refractivity contribution is -0.141. The van der Waals surface area contributed by atoms with Crippen molar-refractivity contribution in [2.45, 2.75) is 50.7 Å². The molecule has 0 radical (unpaired) electrons. The molecule has 1 aliphatic rings. The molecule has 0 saturated heterocycles. The highest BCUT2D eigenvalue weighted by Gasteiger charge is 2.43. The van der Waals surface area contributed by atoms with Gasteiger partial charge >= 0.3 is 0 Å². The van der Waals surface area contributed by atoms with Crippen molar-refractivity contribution in [3.05, 3.63) is 63.6 Å². The minimum atomic E-state index is -4.18. The Balaban J connectivity index is 1.95. The van der Waals surface area contributed by atoms with Crippen LogP contribution in [0.15, 0.2) is 47.4 Å². The van der Waals surface area contributed by atoms with Gasteiger partial charge in [0.1, 0.15) is 17.5 Å². The number of hydrogen-bond donors (Lipinski definition) is 1. The molecule has 34 heavy (non-hydrogen) atoms. The van der Waals surface area contributed by atoms with E-state index in [1.165, 1.54) is 23.1 Å². The summed E-state index contributed by atoms with van der Waals surface area (Å²) in [7, 11) is -4.18. The summed E-state index contributed by atoms with van der Waals surface area (Å²) in [6.45, 7) is 4.57. The fraction of sp³-hybridized carbons (Fsp3) is 0.348. The zero-order valence-electron chi connectivity index (χ0n) is 18.9. The van der Waals surface area contributed by atoms with Gasteiger partial charge in [-0.2, -0.15) is 0 Å². The van der Waals surface area contributed by atoms with Crippen molar-refractivity contribution in [2.75, 3.05) is 6.54 Å². The van der Waals surface area contributed by atoms with Gasteiger partial charge in [-0.05, 0) is 50.1 Å². The summed E-state index contributed by atoms with van der Waals surface area (Å²) in [6.07, 6.45) is 0.270. The number of fused-ring (bicyclic) bond motifs is 1. The molecule has 0 spiro atoms. The summed E-state index contributed by atoms with van der Waals surface area (Å²) in [5, 5.41) is 3.40. The van der Waals surface area contributed by atoms with E-state index in [2.05, 4.69) is 5.32 Å². The van der Waals surface area contributed by atoms with E-state index in [-0.39, 0.29) is 40.4 Å². The lowest BCUT2D eigenvalue weighted by Gasteiger charge is -2.32. The Bertz CT molecular complexity index is 1230. The first-order chi connectivity index (χ1) is 16.0. The summed E-state index contributed by atoms with van der Waals surface area (Å²) in [4.78, 5) is 40.3. The summed E-state index contributed by atoms with van der Waals surface area (Å²) < 4.78 is 26.4. The maximum absolute atomic E-state index is 13.5. The van der Waals surface area contributed by atoms with Crippen molar-refractivity contribution < 1.29 is 22.8 Å². The molecule has 1 aliphatic heterocycles. The van der Waals surface area contributed by atoms with Crippen LogP contribution in [-0.2, 0) is 26.2 Å². The van der Waals surface area contributed by atoms with Crippen LogP contribution in [0.1, 0.15) is 43.1 Å². The van der Waals surface area contributed by atoms with Crippen LogP contribution in [-0.4, -0.2) is 54.0 Å². The van der Waals surface area contributed by atoms with Crippen molar-refractivity contribution >= 4 is 50.9 Å². The zero-order chi connectivity index (χ0) is 25.2. The van der Waals surface area contributed by atoms with Gasteiger partial charge in [0.25, 0.3) is 15.9 Å². The van der Waals surface area contributed by atoms with Crippen LogP contribution in [0.25, 0.3) is 0 Å². The predicted octanol–water partition coefficient (Wildman–Crippen LogP) is 3.47. The molecule has 2 aromatic carbocycles. The smallest absolute Gasteiger partial charge is 0.269 e. The van der Waals surface area contributed by atoms with Gasteiger partial charge in [0.05, 0.1) is 15.6 Å². The molecule has 3 rings (SSSR count). The van der Waals surface area contributed by atoms with Crippen LogP contribution >= 0.6 is 23.2 Å². The molecule has 182 valence electrons. The summed E-state index contributed by atoms with van der Waals surface area (Å²) >= 11 is 12.1. The minimum absolute atomic E-state index is 0.0101. The van der Waals surface area contributed by atoms with Gasteiger partial charge in [0.2, 0.25) is 11.8 Å². The highest BCUT2D eigenvalue weighted by molar-refractivity contribution is 7.90. The molecule has 0 saturated carbocycles. The monoisotopic (exact) mass is 525 g/mol. The molecule has 0 bridgehead atoms. The molecule has 0 fully saturated rings. The quantitative estimate of drug-likeness (QED) is 0.568. The van der Waals surface area contributed by atoms with Crippen LogP contribution in [0.3, 0.4) is 0 Å². The van der Waals surface area contributed by atoms with Gasteiger partial charge < -0.3 is 10.2 Å². The van der Waals surface area contributed by atoms with Gasteiger partial charge in [0, 0.05) is 12.6 Å². The van der Waals surface area contributed by atoms with Gasteiger partial charge in [0.15, 0.2) is 0 Å². The Labute approximate surface area is 208 Å². The molecule has 1 heterocycles. The van der Waals surface area contributed by atoms with E-state index < -0.39 is 34.4 Å². The molecule has 1 atom stereocenters. The average molecular weight is 526 g/mol. The first-order valence-corrected chi connectivity index (χ1v) is 12.9. The Morgan fingerprint density at radius 1 is 1.09 bits per heavy atom. The maximum Gasteiger partial charge on any atom is 0.269 e. The maximum atomic E-state index is 13.5. The Morgan fingerprint density at radius 2 is 1.76 bits per heavy atom. The zero-order valence-corrected chi connectivity index (χ0v) is 21.2. The predicted molar refractivity (Wildman–Crippen MR) is 129 cm³/mol. The van der Waals surface area contributed by atoms with Crippen LogP contribution < -0.4 is 5.32 Å². The topological polar surface area (TPSA) is 104 Å². The number of amides is 3. The van der Waals surface area contributed by atoms with E-state index in [1.54, 1.807) is 45.0 Å². The lowest BCUT2D eigenvalue weighted by atomic mass is 10.1. The summed E-state index contributed by atoms with van der Waals surface area (Å²) in [6, 6.07) is 9.53. The standard InChI is InChI=1S/C23H25Cl2N3O5S/c1-4-19(22(30)26-14(2)3)27(12-15-9-10-17(24)18(25)11-15)21(29)13-28-23(31)16-7-5-6-8-20(16)34(28,32)33/h5-11,14,19H,4,12-13H2,1-3H3,(H,26,30)/t19-/m1/s1. The van der Waals surface area contributed by atoms with Crippen LogP contribution in [0.5, 0.6) is 0 Å². The number of halogens is 2. The fourth-order valence-electron chi connectivity index (χ4n) is 3.74. The average Bonchev–Trinajstić information content (AvgIpc) is 2.96. The number of carbonyl (C=O) groups is 3. The number of nitrogens with one attached hydrogen (secondary N) is 1. The third-order valence-electron chi connectivity index (χ3n) is 5.34. The van der Waals surface area contributed by atoms with E-state index in [4.69, 9.17) is 23.2 Å². The van der Waals surface area contributed by atoms with Gasteiger partial charge in [-0.3, -0.25) is 14.4 Å². The van der Waals surface area contributed by atoms with Crippen LogP contribution in [0.2, 0.25) is 10.0 Å². The molecule has 11 heteroatoms. The molecular weight excluding hydrogens is 501 g/mol. The number of carbonyl (C=O) groups excluding carboxylic acids is 3. The van der Waals surface area contributed by atoms with Crippen molar-refractivity contribution in [3.8, 4) is 0 Å². The van der Waals surface area contributed by atoms with Crippen molar-refractivity contribution in [2.24, 2.45) is 0 Å². The van der Waals surface area contributed by atoms with Gasteiger partial charge in [-0.15, -0.1) is 0 Å². The van der Waals surface area contributed by atoms with E-state index in [1.807, 2.05) is 0 Å². The largest absolute Gasteiger partial charge is 0.352 e. The highest BCUT2D eigenvalue weighted by atomic mass is 35.5. The third kappa shape index (κ3) is 5.21. The number of rotatable bonds is 8. The minimum Gasteiger partial charge on any atom is -0.352 e. The first-order valence-electron chi connectivity index (χ1n) is 10.7. The van der Waals surface area contributed by atoms with E-state index in [0.29, 0.717) is 14.9 Å².